The van der Waals surface area contributed by atoms with Gasteiger partial charge in [0, 0.05) is 23.5 Å². The summed E-state index contributed by atoms with van der Waals surface area (Å²) in [6, 6.07) is 44.4. The van der Waals surface area contributed by atoms with E-state index in [0.29, 0.717) is 22.6 Å². The van der Waals surface area contributed by atoms with Gasteiger partial charge in [-0.2, -0.15) is 0 Å². The first kappa shape index (κ1) is 41.3. The average Bonchev–Trinajstić information content (AvgIpc) is 3.82. The molecule has 0 atom stereocenters. The number of benzene rings is 4. The molecule has 63 heavy (non-hydrogen) atoms. The summed E-state index contributed by atoms with van der Waals surface area (Å²) in [5.41, 5.74) is 5.10. The molecule has 9 rings (SSSR count). The zero-order valence-corrected chi connectivity index (χ0v) is 34.3. The van der Waals surface area contributed by atoms with Gasteiger partial charge in [0.1, 0.15) is 24.5 Å². The van der Waals surface area contributed by atoms with Crippen LogP contribution in [0.2, 0.25) is 0 Å². The first-order chi connectivity index (χ1) is 30.7. The standard InChI is InChI=1S/C25H21N3O4.C25H19N3O3/c1-17-12-13-21-27-22(24(30)26-14-20(29)19-10-6-3-7-11-19)23(25(31)28(21)15-17)32-16-18-8-4-2-5-9-18;1-17-12-13-21-27-22(24-26-14-20(31-24)19-10-6-3-7-11-19)23(25(29)28(21)15-17)30-16-18-8-4-2-5-9-18/h2-13,15H,14,16H2,1H3,(H,26,30);2-15H,16H2,1H3. The monoisotopic (exact) mass is 836 g/mol. The zero-order valence-electron chi connectivity index (χ0n) is 34.3. The van der Waals surface area contributed by atoms with Crippen molar-refractivity contribution >= 4 is 23.0 Å². The number of oxazole rings is 1. The van der Waals surface area contributed by atoms with Crippen LogP contribution in [-0.2, 0) is 13.2 Å². The molecular weight excluding hydrogens is 797 g/mol. The minimum absolute atomic E-state index is 0.0961. The van der Waals surface area contributed by atoms with E-state index in [1.807, 2.05) is 111 Å². The fraction of sp³-hybridized carbons (Fsp3) is 0.100. The summed E-state index contributed by atoms with van der Waals surface area (Å²) in [4.78, 5) is 65.1. The summed E-state index contributed by atoms with van der Waals surface area (Å²) in [5, 5.41) is 2.56. The summed E-state index contributed by atoms with van der Waals surface area (Å²) in [5.74, 6) is -0.135. The molecule has 0 spiro atoms. The number of nitrogens with one attached hydrogen (secondary N) is 1. The summed E-state index contributed by atoms with van der Waals surface area (Å²) >= 11 is 0. The molecule has 9 aromatic rings. The maximum absolute atomic E-state index is 13.3. The second-order valence-electron chi connectivity index (χ2n) is 14.5. The van der Waals surface area contributed by atoms with E-state index in [4.69, 9.17) is 13.9 Å². The molecular formula is C50H40N6O7. The van der Waals surface area contributed by atoms with Gasteiger partial charge in [-0.05, 0) is 48.2 Å². The van der Waals surface area contributed by atoms with E-state index >= 15 is 0 Å². The third-order valence-corrected chi connectivity index (χ3v) is 9.80. The lowest BCUT2D eigenvalue weighted by Gasteiger charge is -2.13. The van der Waals surface area contributed by atoms with Crippen LogP contribution >= 0.6 is 0 Å². The highest BCUT2D eigenvalue weighted by atomic mass is 16.5. The predicted octanol–water partition coefficient (Wildman–Crippen LogP) is 8.10. The van der Waals surface area contributed by atoms with Crippen LogP contribution < -0.4 is 25.9 Å². The predicted molar refractivity (Wildman–Crippen MR) is 238 cm³/mol. The zero-order chi connectivity index (χ0) is 43.7. The molecule has 0 aliphatic heterocycles. The molecule has 13 heteroatoms. The SMILES string of the molecule is Cc1ccc2nc(-c3ncc(-c4ccccc4)o3)c(OCc3ccccc3)c(=O)n2c1.Cc1ccc2nc(C(=O)NCC(=O)c3ccccc3)c(OCc3ccccc3)c(=O)n2c1. The molecule has 5 aromatic heterocycles. The fourth-order valence-electron chi connectivity index (χ4n) is 6.57. The molecule has 0 saturated heterocycles. The molecule has 0 fully saturated rings. The molecule has 0 aliphatic carbocycles. The molecule has 4 aromatic carbocycles. The highest BCUT2D eigenvalue weighted by Crippen LogP contribution is 2.30. The average molecular weight is 837 g/mol. The van der Waals surface area contributed by atoms with Crippen molar-refractivity contribution in [1.29, 1.82) is 0 Å². The number of Topliss-reactive ketones (excluding diaryl/α,β-unsaturated/α-hetero) is 1. The van der Waals surface area contributed by atoms with Crippen molar-refractivity contribution in [3.05, 3.63) is 218 Å². The molecule has 0 radical (unpaired) electrons. The van der Waals surface area contributed by atoms with Gasteiger partial charge in [0.05, 0.1) is 12.7 Å². The van der Waals surface area contributed by atoms with E-state index in [0.717, 1.165) is 27.8 Å². The van der Waals surface area contributed by atoms with Crippen molar-refractivity contribution in [3.63, 3.8) is 0 Å². The Balaban J connectivity index is 0.000000173. The van der Waals surface area contributed by atoms with Crippen LogP contribution in [0.4, 0.5) is 0 Å². The van der Waals surface area contributed by atoms with Crippen molar-refractivity contribution in [2.24, 2.45) is 0 Å². The number of nitrogens with zero attached hydrogens (tertiary/aromatic N) is 5. The second kappa shape index (κ2) is 18.9. The molecule has 1 N–H and O–H groups in total. The Kier molecular flexibility index (Phi) is 12.4. The fourth-order valence-corrected chi connectivity index (χ4v) is 6.57. The Morgan fingerprint density at radius 2 is 1.13 bits per heavy atom. The smallest absolute Gasteiger partial charge is 0.301 e. The third kappa shape index (κ3) is 9.63. The minimum atomic E-state index is -0.655. The van der Waals surface area contributed by atoms with Crippen LogP contribution in [0.5, 0.6) is 11.5 Å². The van der Waals surface area contributed by atoms with Crippen LogP contribution in [0.15, 0.2) is 178 Å². The van der Waals surface area contributed by atoms with Gasteiger partial charge in [0.25, 0.3) is 5.91 Å². The maximum Gasteiger partial charge on any atom is 0.301 e. The van der Waals surface area contributed by atoms with Crippen LogP contribution in [0.1, 0.15) is 43.1 Å². The van der Waals surface area contributed by atoms with Crippen LogP contribution in [-0.4, -0.2) is 42.0 Å². The van der Waals surface area contributed by atoms with Gasteiger partial charge in [-0.3, -0.25) is 28.0 Å². The quantitative estimate of drug-likeness (QED) is 0.119. The van der Waals surface area contributed by atoms with Crippen LogP contribution in [0.25, 0.3) is 34.2 Å². The van der Waals surface area contributed by atoms with E-state index < -0.39 is 11.5 Å². The number of ether oxygens (including phenoxy) is 2. The number of hydrogen-bond donors (Lipinski definition) is 1. The van der Waals surface area contributed by atoms with Crippen molar-refractivity contribution in [2.75, 3.05) is 6.54 Å². The summed E-state index contributed by atoms with van der Waals surface area (Å²) in [6.07, 6.45) is 5.01. The van der Waals surface area contributed by atoms with Gasteiger partial charge in [0.2, 0.25) is 17.4 Å². The number of hydrogen-bond acceptors (Lipinski definition) is 10. The number of ketones is 1. The molecule has 13 nitrogen and oxygen atoms in total. The normalized spacial score (nSPS) is 10.8. The molecule has 0 aliphatic rings. The van der Waals surface area contributed by atoms with Gasteiger partial charge >= 0.3 is 11.1 Å². The van der Waals surface area contributed by atoms with Gasteiger partial charge in [-0.15, -0.1) is 0 Å². The van der Waals surface area contributed by atoms with Crippen molar-refractivity contribution in [2.45, 2.75) is 27.1 Å². The summed E-state index contributed by atoms with van der Waals surface area (Å²) in [7, 11) is 0. The number of amides is 1. The molecule has 0 bridgehead atoms. The Bertz CT molecular complexity index is 3170. The van der Waals surface area contributed by atoms with Crippen molar-refractivity contribution in [3.8, 4) is 34.4 Å². The number of carbonyl (C=O) groups is 2. The number of pyridine rings is 2. The Morgan fingerprint density at radius 1 is 0.619 bits per heavy atom. The summed E-state index contributed by atoms with van der Waals surface area (Å²) < 4.78 is 20.6. The third-order valence-electron chi connectivity index (χ3n) is 9.80. The van der Waals surface area contributed by atoms with Crippen molar-refractivity contribution < 1.29 is 23.5 Å². The summed E-state index contributed by atoms with van der Waals surface area (Å²) in [6.45, 7) is 3.88. The van der Waals surface area contributed by atoms with Gasteiger partial charge < -0.3 is 19.2 Å². The first-order valence-electron chi connectivity index (χ1n) is 20.0. The Hall–Kier alpha value is -8.45. The Labute approximate surface area is 360 Å². The van der Waals surface area contributed by atoms with Crippen LogP contribution in [0.3, 0.4) is 0 Å². The lowest BCUT2D eigenvalue weighted by atomic mass is 10.1. The van der Waals surface area contributed by atoms with Gasteiger partial charge in [-0.25, -0.2) is 15.0 Å². The molecule has 312 valence electrons. The van der Waals surface area contributed by atoms with Crippen molar-refractivity contribution in [1.82, 2.24) is 29.1 Å². The van der Waals surface area contributed by atoms with E-state index in [1.165, 1.54) is 8.80 Å². The Morgan fingerprint density at radius 3 is 1.71 bits per heavy atom. The lowest BCUT2D eigenvalue weighted by Crippen LogP contribution is -2.33. The maximum atomic E-state index is 13.3. The minimum Gasteiger partial charge on any atom is -0.481 e. The van der Waals surface area contributed by atoms with Crippen LogP contribution in [0, 0.1) is 13.8 Å². The number of rotatable bonds is 12. The van der Waals surface area contributed by atoms with Gasteiger partial charge in [-0.1, -0.05) is 133 Å². The highest BCUT2D eigenvalue weighted by Gasteiger charge is 2.23. The molecule has 0 unspecified atom stereocenters. The highest BCUT2D eigenvalue weighted by molar-refractivity contribution is 6.02. The topological polar surface area (TPSA) is 159 Å². The number of fused-ring (bicyclic) bond motifs is 2. The second-order valence-corrected chi connectivity index (χ2v) is 14.5. The number of carbonyl (C=O) groups excluding carboxylic acids is 2. The van der Waals surface area contributed by atoms with E-state index in [1.54, 1.807) is 67.1 Å². The van der Waals surface area contributed by atoms with E-state index in [9.17, 15) is 19.2 Å². The molecule has 1 amide bonds. The number of aryl methyl sites for hydroxylation is 2. The first-order valence-corrected chi connectivity index (χ1v) is 20.0. The lowest BCUT2D eigenvalue weighted by molar-refractivity contribution is 0.0897. The number of aromatic nitrogens is 5. The van der Waals surface area contributed by atoms with E-state index in [-0.39, 0.29) is 59.9 Å². The molecule has 5 heterocycles. The molecule has 0 saturated carbocycles. The van der Waals surface area contributed by atoms with E-state index in [2.05, 4.69) is 20.3 Å². The largest absolute Gasteiger partial charge is 0.481 e. The van der Waals surface area contributed by atoms with Gasteiger partial charge in [0.15, 0.2) is 22.9 Å².